The molecular formula is C24H18N2O4S6. The highest BCUT2D eigenvalue weighted by molar-refractivity contribution is 8.30. The van der Waals surface area contributed by atoms with Gasteiger partial charge < -0.3 is 0 Å². The Morgan fingerprint density at radius 1 is 0.500 bits per heavy atom. The lowest BCUT2D eigenvalue weighted by Gasteiger charge is -2.07. The van der Waals surface area contributed by atoms with Crippen LogP contribution in [0.25, 0.3) is 0 Å². The molecule has 0 saturated carbocycles. The Hall–Kier alpha value is -1.96. The van der Waals surface area contributed by atoms with Gasteiger partial charge in [-0.2, -0.15) is 0 Å². The zero-order valence-corrected chi connectivity index (χ0v) is 23.8. The predicted molar refractivity (Wildman–Crippen MR) is 147 cm³/mol. The minimum Gasteiger partial charge on any atom is -0.247 e. The van der Waals surface area contributed by atoms with Gasteiger partial charge in [0.25, 0.3) is 20.0 Å². The third-order valence-electron chi connectivity index (χ3n) is 5.63. The van der Waals surface area contributed by atoms with Gasteiger partial charge in [-0.1, -0.05) is 82.4 Å². The van der Waals surface area contributed by atoms with Crippen LogP contribution in [-0.2, 0) is 20.0 Å². The van der Waals surface area contributed by atoms with Gasteiger partial charge in [-0.15, -0.1) is 0 Å². The number of thioether (sulfide) groups is 4. The fourth-order valence-electron chi connectivity index (χ4n) is 3.65. The summed E-state index contributed by atoms with van der Waals surface area (Å²) >= 11 is 6.16. The molecule has 0 unspecified atom stereocenters. The minimum absolute atomic E-state index is 0.258. The molecule has 0 amide bonds. The molecule has 2 aliphatic rings. The first-order valence-corrected chi connectivity index (χ1v) is 16.8. The van der Waals surface area contributed by atoms with Gasteiger partial charge in [0.15, 0.2) is 0 Å². The fraction of sp³-hybridized carbons (Fsp3) is 0.0833. The molecule has 2 aromatic carbocycles. The normalized spacial score (nSPS) is 15.4. The summed E-state index contributed by atoms with van der Waals surface area (Å²) in [6.07, 6.45) is 6.65. The maximum atomic E-state index is 13.0. The summed E-state index contributed by atoms with van der Waals surface area (Å²) < 4.78 is 56.7. The Labute approximate surface area is 226 Å². The van der Waals surface area contributed by atoms with Crippen LogP contribution in [-0.4, -0.2) is 24.8 Å². The zero-order valence-electron chi connectivity index (χ0n) is 18.9. The van der Waals surface area contributed by atoms with Crippen LogP contribution in [0.15, 0.2) is 111 Å². The predicted octanol–water partition coefficient (Wildman–Crippen LogP) is 6.60. The van der Waals surface area contributed by atoms with Gasteiger partial charge in [-0.3, -0.25) is 0 Å². The topological polar surface area (TPSA) is 78.1 Å². The molecule has 0 radical (unpaired) electrons. The molecule has 2 aliphatic heterocycles. The molecule has 0 aliphatic carbocycles. The molecule has 0 atom stereocenters. The molecule has 4 heterocycles. The Balaban J connectivity index is 1.21. The summed E-state index contributed by atoms with van der Waals surface area (Å²) in [5.74, 6) is 0. The van der Waals surface area contributed by atoms with E-state index in [1.54, 1.807) is 120 Å². The Morgan fingerprint density at radius 2 is 0.778 bits per heavy atom. The van der Waals surface area contributed by atoms with Gasteiger partial charge in [0.1, 0.15) is 0 Å². The van der Waals surface area contributed by atoms with Crippen LogP contribution >= 0.6 is 47.0 Å². The molecule has 4 aromatic rings. The highest BCUT2D eigenvalue weighted by atomic mass is 32.2. The monoisotopic (exact) mass is 590 g/mol. The molecule has 6 nitrogen and oxygen atoms in total. The lowest BCUT2D eigenvalue weighted by Crippen LogP contribution is -2.10. The largest absolute Gasteiger partial charge is 0.267 e. The van der Waals surface area contributed by atoms with E-state index in [0.717, 1.165) is 39.2 Å². The lowest BCUT2D eigenvalue weighted by atomic mass is 10.2. The van der Waals surface area contributed by atoms with E-state index in [1.807, 2.05) is 13.8 Å². The maximum absolute atomic E-state index is 13.0. The quantitative estimate of drug-likeness (QED) is 0.263. The van der Waals surface area contributed by atoms with E-state index >= 15 is 0 Å². The molecule has 0 saturated heterocycles. The van der Waals surface area contributed by atoms with Gasteiger partial charge in [-0.25, -0.2) is 24.8 Å². The number of nitrogens with zero attached hydrogens (tertiary/aromatic N) is 2. The van der Waals surface area contributed by atoms with E-state index in [9.17, 15) is 16.8 Å². The van der Waals surface area contributed by atoms with Crippen molar-refractivity contribution >= 4 is 67.1 Å². The highest BCUT2D eigenvalue weighted by Gasteiger charge is 2.32. The van der Waals surface area contributed by atoms with Crippen molar-refractivity contribution in [2.75, 3.05) is 0 Å². The number of hydrogen-bond donors (Lipinski definition) is 0. The number of benzene rings is 2. The molecule has 12 heteroatoms. The first-order valence-electron chi connectivity index (χ1n) is 10.7. The summed E-state index contributed by atoms with van der Waals surface area (Å²) in [6, 6.07) is 13.7. The Kier molecular flexibility index (Phi) is 5.97. The van der Waals surface area contributed by atoms with E-state index in [4.69, 9.17) is 0 Å². The first-order chi connectivity index (χ1) is 17.1. The third-order valence-corrected chi connectivity index (χ3v) is 14.4. The number of rotatable bonds is 4. The average molecular weight is 591 g/mol. The summed E-state index contributed by atoms with van der Waals surface area (Å²) in [7, 11) is -7.29. The molecule has 2 aromatic heterocycles. The van der Waals surface area contributed by atoms with Crippen LogP contribution in [0.2, 0.25) is 0 Å². The molecule has 6 rings (SSSR count). The van der Waals surface area contributed by atoms with Crippen molar-refractivity contribution in [1.82, 2.24) is 7.94 Å². The van der Waals surface area contributed by atoms with Crippen LogP contribution in [0.5, 0.6) is 0 Å². The molecule has 0 fully saturated rings. The standard InChI is InChI=1S/C24H18N2O4S6/c1-15-3-7-17(8-4-15)35(27,28)25-11-19-20(12-25)32-23(31-19)24-33-21-13-26(14-22(21)34-24)36(29,30)18-9-5-16(2)6-10-18/h3-14H,1-2H3. The van der Waals surface area contributed by atoms with E-state index in [2.05, 4.69) is 0 Å². The van der Waals surface area contributed by atoms with Crippen molar-refractivity contribution in [3.63, 3.8) is 0 Å². The van der Waals surface area contributed by atoms with Crippen LogP contribution in [0.1, 0.15) is 11.1 Å². The first kappa shape index (κ1) is 24.4. The Morgan fingerprint density at radius 3 is 1.06 bits per heavy atom. The third kappa shape index (κ3) is 4.17. The van der Waals surface area contributed by atoms with Crippen LogP contribution in [0.4, 0.5) is 0 Å². The number of hydrogen-bond acceptors (Lipinski definition) is 8. The average Bonchev–Trinajstić information content (AvgIpc) is 3.58. The van der Waals surface area contributed by atoms with Crippen molar-refractivity contribution in [2.24, 2.45) is 0 Å². The van der Waals surface area contributed by atoms with Crippen molar-refractivity contribution in [2.45, 2.75) is 43.2 Å². The smallest absolute Gasteiger partial charge is 0.247 e. The van der Waals surface area contributed by atoms with E-state index in [-0.39, 0.29) is 9.79 Å². The van der Waals surface area contributed by atoms with Crippen molar-refractivity contribution in [3.05, 3.63) is 92.9 Å². The summed E-state index contributed by atoms with van der Waals surface area (Å²) in [4.78, 5) is 4.08. The lowest BCUT2D eigenvalue weighted by molar-refractivity contribution is 0.585. The summed E-state index contributed by atoms with van der Waals surface area (Å²) in [5, 5.41) is 0. The second kappa shape index (κ2) is 8.81. The Bertz CT molecular complexity index is 1580. The van der Waals surface area contributed by atoms with E-state index in [1.165, 1.54) is 7.94 Å². The number of aromatic nitrogens is 2. The van der Waals surface area contributed by atoms with Gasteiger partial charge in [0.05, 0.1) is 18.3 Å². The molecule has 0 bridgehead atoms. The molecule has 184 valence electrons. The highest BCUT2D eigenvalue weighted by Crippen LogP contribution is 2.61. The van der Waals surface area contributed by atoms with Gasteiger partial charge >= 0.3 is 0 Å². The van der Waals surface area contributed by atoms with E-state index in [0.29, 0.717) is 0 Å². The molecular weight excluding hydrogens is 573 g/mol. The molecule has 36 heavy (non-hydrogen) atoms. The SMILES string of the molecule is Cc1ccc(S(=O)(=O)n2cc3c(c2)SC(=C2Sc4cn(S(=O)(=O)c5ccc(C)cc5)cc4S2)S3)cc1. The summed E-state index contributed by atoms with van der Waals surface area (Å²) in [5.41, 5.74) is 2.01. The molecule has 0 spiro atoms. The number of aryl methyl sites for hydroxylation is 2. The minimum atomic E-state index is -3.65. The van der Waals surface area contributed by atoms with Crippen molar-refractivity contribution in [3.8, 4) is 0 Å². The van der Waals surface area contributed by atoms with Gasteiger partial charge in [0, 0.05) is 44.4 Å². The number of fused-ring (bicyclic) bond motifs is 2. The van der Waals surface area contributed by atoms with Crippen LogP contribution in [0, 0.1) is 13.8 Å². The molecule has 0 N–H and O–H groups in total. The van der Waals surface area contributed by atoms with Crippen molar-refractivity contribution in [1.29, 1.82) is 0 Å². The second-order valence-corrected chi connectivity index (χ2v) is 16.7. The fourth-order valence-corrected chi connectivity index (χ4v) is 11.7. The maximum Gasteiger partial charge on any atom is 0.267 e. The zero-order chi connectivity index (χ0) is 25.2. The van der Waals surface area contributed by atoms with E-state index < -0.39 is 20.0 Å². The van der Waals surface area contributed by atoms with Crippen LogP contribution < -0.4 is 0 Å². The second-order valence-electron chi connectivity index (χ2n) is 8.25. The van der Waals surface area contributed by atoms with Crippen molar-refractivity contribution < 1.29 is 16.8 Å². The van der Waals surface area contributed by atoms with Gasteiger partial charge in [-0.05, 0) is 38.1 Å². The summed E-state index contributed by atoms with van der Waals surface area (Å²) in [6.45, 7) is 3.84. The van der Waals surface area contributed by atoms with Crippen LogP contribution in [0.3, 0.4) is 0 Å². The van der Waals surface area contributed by atoms with Gasteiger partial charge in [0.2, 0.25) is 0 Å².